The van der Waals surface area contributed by atoms with Crippen molar-refractivity contribution in [3.8, 4) is 0 Å². The second-order valence-electron chi connectivity index (χ2n) is 3.82. The fraction of sp³-hybridized carbons (Fsp3) is 0.143. The number of carbonyl (C=O) groups excluding carboxylic acids is 1. The third kappa shape index (κ3) is 3.53. The Labute approximate surface area is 122 Å². The van der Waals surface area contributed by atoms with Gasteiger partial charge in [-0.1, -0.05) is 73.4 Å². The first-order valence-corrected chi connectivity index (χ1v) is 7.18. The summed E-state index contributed by atoms with van der Waals surface area (Å²) in [6, 6.07) is 9.94. The molecule has 2 rings (SSSR count). The van der Waals surface area contributed by atoms with Gasteiger partial charge in [0, 0.05) is 6.54 Å². The van der Waals surface area contributed by atoms with Crippen molar-refractivity contribution >= 4 is 40.3 Å². The van der Waals surface area contributed by atoms with E-state index in [1.54, 1.807) is 6.08 Å². The van der Waals surface area contributed by atoms with Crippen LogP contribution in [0.5, 0.6) is 0 Å². The van der Waals surface area contributed by atoms with E-state index in [9.17, 15) is 4.79 Å². The lowest BCUT2D eigenvalue weighted by Gasteiger charge is -2.13. The van der Waals surface area contributed by atoms with Crippen molar-refractivity contribution in [2.24, 2.45) is 0 Å². The lowest BCUT2D eigenvalue weighted by Crippen LogP contribution is -2.40. The molecule has 1 aromatic rings. The number of carbonyl (C=O) groups is 1. The summed E-state index contributed by atoms with van der Waals surface area (Å²) >= 11 is 6.46. The van der Waals surface area contributed by atoms with E-state index in [0.29, 0.717) is 15.8 Å². The number of hydrazine groups is 1. The lowest BCUT2D eigenvalue weighted by molar-refractivity contribution is -0.124. The predicted molar refractivity (Wildman–Crippen MR) is 84.3 cm³/mol. The van der Waals surface area contributed by atoms with Gasteiger partial charge in [0.1, 0.15) is 0 Å². The van der Waals surface area contributed by atoms with Gasteiger partial charge in [-0.05, 0) is 11.6 Å². The first-order chi connectivity index (χ1) is 9.22. The Kier molecular flexibility index (Phi) is 4.90. The van der Waals surface area contributed by atoms with Crippen LogP contribution in [-0.2, 0) is 4.79 Å². The number of rotatable bonds is 4. The van der Waals surface area contributed by atoms with Gasteiger partial charge in [0.05, 0.1) is 4.91 Å². The zero-order chi connectivity index (χ0) is 13.7. The summed E-state index contributed by atoms with van der Waals surface area (Å²) < 4.78 is 0.547. The number of thiocarbonyl (C=S) groups is 1. The molecule has 19 heavy (non-hydrogen) atoms. The quantitative estimate of drug-likeness (QED) is 0.682. The molecule has 3 nitrogen and oxygen atoms in total. The number of allylic oxidation sites excluding steroid dienone is 2. The van der Waals surface area contributed by atoms with E-state index < -0.39 is 0 Å². The van der Waals surface area contributed by atoms with Crippen LogP contribution in [0, 0.1) is 0 Å². The molecule has 1 heterocycles. The van der Waals surface area contributed by atoms with Crippen molar-refractivity contribution in [1.29, 1.82) is 0 Å². The highest BCUT2D eigenvalue weighted by Crippen LogP contribution is 2.29. The molecule has 0 atom stereocenters. The van der Waals surface area contributed by atoms with Gasteiger partial charge in [0.15, 0.2) is 4.32 Å². The molecule has 0 unspecified atom stereocenters. The first kappa shape index (κ1) is 14.0. The first-order valence-electron chi connectivity index (χ1n) is 5.95. The van der Waals surface area contributed by atoms with Gasteiger partial charge in [0.25, 0.3) is 5.91 Å². The third-order valence-electron chi connectivity index (χ3n) is 2.45. The summed E-state index contributed by atoms with van der Waals surface area (Å²) in [6.45, 7) is 2.59. The van der Waals surface area contributed by atoms with E-state index in [-0.39, 0.29) is 5.91 Å². The van der Waals surface area contributed by atoms with E-state index in [0.717, 1.165) is 5.56 Å². The van der Waals surface area contributed by atoms with E-state index in [1.165, 1.54) is 16.8 Å². The van der Waals surface area contributed by atoms with E-state index in [4.69, 9.17) is 12.2 Å². The average molecular weight is 290 g/mol. The summed E-state index contributed by atoms with van der Waals surface area (Å²) in [6.07, 6.45) is 5.62. The maximum absolute atomic E-state index is 12.0. The van der Waals surface area contributed by atoms with Crippen LogP contribution in [0.25, 0.3) is 6.08 Å². The number of benzene rings is 1. The molecule has 0 bridgehead atoms. The summed E-state index contributed by atoms with van der Waals surface area (Å²) in [5, 5.41) is 1.42. The Bertz CT molecular complexity index is 538. The van der Waals surface area contributed by atoms with Crippen LogP contribution in [-0.4, -0.2) is 21.8 Å². The minimum atomic E-state index is -0.0884. The molecule has 0 saturated carbocycles. The highest BCUT2D eigenvalue weighted by Gasteiger charge is 2.31. The molecular weight excluding hydrogens is 276 g/mol. The molecule has 0 radical (unpaired) electrons. The fourth-order valence-electron chi connectivity index (χ4n) is 1.59. The number of hydrogen-bond acceptors (Lipinski definition) is 4. The Morgan fingerprint density at radius 2 is 2.11 bits per heavy atom. The largest absolute Gasteiger partial charge is 0.280 e. The summed E-state index contributed by atoms with van der Waals surface area (Å²) in [5.74, 6) is -0.0884. The molecule has 0 aromatic heterocycles. The number of nitrogens with zero attached hydrogens (tertiary/aromatic N) is 1. The Balaban J connectivity index is 2.07. The standard InChI is InChI=1S/C14H14N2OS2/c1-2-15-16-13(17)12(19-14(16)18)10-6-9-11-7-4-3-5-8-11/h3-10,15H,2H2,1H3/b9-6-,12-10+. The van der Waals surface area contributed by atoms with Gasteiger partial charge in [-0.3, -0.25) is 4.79 Å². The van der Waals surface area contributed by atoms with Crippen LogP contribution in [0.15, 0.2) is 47.4 Å². The van der Waals surface area contributed by atoms with Gasteiger partial charge >= 0.3 is 0 Å². The maximum atomic E-state index is 12.0. The van der Waals surface area contributed by atoms with Crippen molar-refractivity contribution in [1.82, 2.24) is 10.4 Å². The molecule has 0 aliphatic carbocycles. The molecule has 1 aromatic carbocycles. The van der Waals surface area contributed by atoms with Gasteiger partial charge in [-0.2, -0.15) is 0 Å². The Morgan fingerprint density at radius 3 is 2.79 bits per heavy atom. The molecular formula is C14H14N2OS2. The van der Waals surface area contributed by atoms with Crippen molar-refractivity contribution in [2.75, 3.05) is 6.54 Å². The molecule has 1 saturated heterocycles. The lowest BCUT2D eigenvalue weighted by atomic mass is 10.2. The summed E-state index contributed by atoms with van der Waals surface area (Å²) in [5.41, 5.74) is 4.04. The summed E-state index contributed by atoms with van der Waals surface area (Å²) in [4.78, 5) is 12.6. The molecule has 0 spiro atoms. The second-order valence-corrected chi connectivity index (χ2v) is 5.50. The van der Waals surface area contributed by atoms with Crippen LogP contribution in [0.2, 0.25) is 0 Å². The van der Waals surface area contributed by atoms with Crippen LogP contribution in [0.4, 0.5) is 0 Å². The number of hydrogen-bond donors (Lipinski definition) is 1. The monoisotopic (exact) mass is 290 g/mol. The topological polar surface area (TPSA) is 32.3 Å². The van der Waals surface area contributed by atoms with Gasteiger partial charge in [-0.15, -0.1) is 0 Å². The minimum Gasteiger partial charge on any atom is -0.267 e. The number of amides is 1. The van der Waals surface area contributed by atoms with Crippen molar-refractivity contribution in [3.05, 3.63) is 53.0 Å². The van der Waals surface area contributed by atoms with E-state index in [1.807, 2.05) is 49.4 Å². The summed E-state index contributed by atoms with van der Waals surface area (Å²) in [7, 11) is 0. The van der Waals surface area contributed by atoms with Gasteiger partial charge in [0.2, 0.25) is 0 Å². The van der Waals surface area contributed by atoms with Crippen LogP contribution >= 0.6 is 24.0 Å². The average Bonchev–Trinajstić information content (AvgIpc) is 2.68. The van der Waals surface area contributed by atoms with Crippen LogP contribution in [0.3, 0.4) is 0 Å². The maximum Gasteiger partial charge on any atom is 0.280 e. The Hall–Kier alpha value is -1.43. The van der Waals surface area contributed by atoms with Crippen molar-refractivity contribution < 1.29 is 4.79 Å². The normalized spacial score (nSPS) is 17.9. The number of nitrogens with one attached hydrogen (secondary N) is 1. The van der Waals surface area contributed by atoms with Gasteiger partial charge < -0.3 is 0 Å². The van der Waals surface area contributed by atoms with Crippen LogP contribution in [0.1, 0.15) is 12.5 Å². The predicted octanol–water partition coefficient (Wildman–Crippen LogP) is 2.97. The molecule has 1 amide bonds. The molecule has 1 N–H and O–H groups in total. The van der Waals surface area contributed by atoms with Crippen molar-refractivity contribution in [3.63, 3.8) is 0 Å². The van der Waals surface area contributed by atoms with E-state index >= 15 is 0 Å². The molecule has 98 valence electrons. The molecule has 1 fully saturated rings. The zero-order valence-electron chi connectivity index (χ0n) is 10.5. The number of thioether (sulfide) groups is 1. The smallest absolute Gasteiger partial charge is 0.267 e. The van der Waals surface area contributed by atoms with Gasteiger partial charge in [-0.25, -0.2) is 10.4 Å². The highest BCUT2D eigenvalue weighted by molar-refractivity contribution is 8.26. The molecule has 5 heteroatoms. The van der Waals surface area contributed by atoms with Crippen molar-refractivity contribution in [2.45, 2.75) is 6.92 Å². The third-order valence-corrected chi connectivity index (χ3v) is 3.77. The fourth-order valence-corrected chi connectivity index (χ4v) is 2.76. The van der Waals surface area contributed by atoms with Crippen LogP contribution < -0.4 is 5.43 Å². The molecule has 1 aliphatic rings. The minimum absolute atomic E-state index is 0.0884. The Morgan fingerprint density at radius 1 is 1.37 bits per heavy atom. The second kappa shape index (κ2) is 6.65. The zero-order valence-corrected chi connectivity index (χ0v) is 12.1. The SMILES string of the molecule is CCNN1C(=O)/C(=C\C=C/c2ccccc2)SC1=S. The van der Waals surface area contributed by atoms with E-state index in [2.05, 4.69) is 5.43 Å². The highest BCUT2D eigenvalue weighted by atomic mass is 32.2. The molecule has 1 aliphatic heterocycles.